The maximum atomic E-state index is 11.8. The van der Waals surface area contributed by atoms with Gasteiger partial charge < -0.3 is 19.9 Å². The van der Waals surface area contributed by atoms with Gasteiger partial charge in [-0.2, -0.15) is 0 Å². The minimum absolute atomic E-state index is 0.0904. The summed E-state index contributed by atoms with van der Waals surface area (Å²) in [6, 6.07) is 1.80. The fourth-order valence-electron chi connectivity index (χ4n) is 2.32. The van der Waals surface area contributed by atoms with E-state index in [9.17, 15) is 4.79 Å². The summed E-state index contributed by atoms with van der Waals surface area (Å²) in [5, 5.41) is 3.33. The van der Waals surface area contributed by atoms with Crippen LogP contribution in [0.25, 0.3) is 0 Å². The molecule has 0 radical (unpaired) electrons. The van der Waals surface area contributed by atoms with Gasteiger partial charge in [0.15, 0.2) is 0 Å². The molecule has 20 heavy (non-hydrogen) atoms. The number of morpholine rings is 1. The van der Waals surface area contributed by atoms with Crippen molar-refractivity contribution >= 4 is 5.82 Å². The van der Waals surface area contributed by atoms with Gasteiger partial charge in [0, 0.05) is 25.1 Å². The number of ether oxygens (including phenoxy) is 1. The van der Waals surface area contributed by atoms with E-state index in [-0.39, 0.29) is 17.5 Å². The number of likely N-dealkylation sites (N-methyl/N-ethyl adjacent to an activating group) is 1. The van der Waals surface area contributed by atoms with Crippen LogP contribution in [0.2, 0.25) is 0 Å². The number of nitrogens with one attached hydrogen (secondary N) is 2. The van der Waals surface area contributed by atoms with Crippen LogP contribution in [-0.2, 0) is 4.74 Å². The molecule has 0 amide bonds. The van der Waals surface area contributed by atoms with Crippen molar-refractivity contribution in [1.82, 2.24) is 15.3 Å². The van der Waals surface area contributed by atoms with Crippen LogP contribution in [0.15, 0.2) is 10.9 Å². The maximum absolute atomic E-state index is 11.8. The number of nitrogens with zero attached hydrogens (tertiary/aromatic N) is 2. The van der Waals surface area contributed by atoms with Crippen LogP contribution in [0.5, 0.6) is 0 Å². The van der Waals surface area contributed by atoms with E-state index in [0.29, 0.717) is 13.2 Å². The van der Waals surface area contributed by atoms with Crippen LogP contribution in [-0.4, -0.2) is 48.9 Å². The molecule has 1 aromatic heterocycles. The molecule has 1 atom stereocenters. The highest BCUT2D eigenvalue weighted by Crippen LogP contribution is 2.17. The van der Waals surface area contributed by atoms with Gasteiger partial charge in [0.25, 0.3) is 5.56 Å². The van der Waals surface area contributed by atoms with Crippen LogP contribution in [0, 0.1) is 0 Å². The first-order valence-corrected chi connectivity index (χ1v) is 7.28. The quantitative estimate of drug-likeness (QED) is 0.831. The Hall–Kier alpha value is -1.40. The Balaban J connectivity index is 2.25. The summed E-state index contributed by atoms with van der Waals surface area (Å²) in [6.45, 7) is 9.99. The zero-order valence-corrected chi connectivity index (χ0v) is 12.5. The number of hydrogen-bond acceptors (Lipinski definition) is 5. The molecule has 2 N–H and O–H groups in total. The molecule has 1 fully saturated rings. The van der Waals surface area contributed by atoms with Gasteiger partial charge in [-0.05, 0) is 6.54 Å². The molecule has 1 saturated heterocycles. The second-order valence-corrected chi connectivity index (χ2v) is 5.37. The molecule has 6 heteroatoms. The third-order valence-electron chi connectivity index (χ3n) is 3.45. The third-order valence-corrected chi connectivity index (χ3v) is 3.45. The normalized spacial score (nSPS) is 19.6. The predicted molar refractivity (Wildman–Crippen MR) is 79.4 cm³/mol. The fraction of sp³-hybridized carbons (Fsp3) is 0.714. The number of H-pyrrole nitrogens is 1. The first-order chi connectivity index (χ1) is 9.61. The Kier molecular flexibility index (Phi) is 5.14. The van der Waals surface area contributed by atoms with Crippen molar-refractivity contribution < 1.29 is 4.74 Å². The lowest BCUT2D eigenvalue weighted by molar-refractivity contribution is 0.0934. The highest BCUT2D eigenvalue weighted by molar-refractivity contribution is 5.40. The Labute approximate surface area is 119 Å². The summed E-state index contributed by atoms with van der Waals surface area (Å²) in [7, 11) is 0. The number of anilines is 1. The zero-order chi connectivity index (χ0) is 14.5. The molecule has 0 aromatic carbocycles. The first kappa shape index (κ1) is 15.0. The van der Waals surface area contributed by atoms with Crippen molar-refractivity contribution in [3.05, 3.63) is 22.2 Å². The van der Waals surface area contributed by atoms with E-state index < -0.39 is 0 Å². The molecular weight excluding hydrogens is 256 g/mol. The minimum Gasteiger partial charge on any atom is -0.377 e. The van der Waals surface area contributed by atoms with Crippen molar-refractivity contribution in [2.24, 2.45) is 0 Å². The molecule has 2 rings (SSSR count). The third kappa shape index (κ3) is 3.58. The van der Waals surface area contributed by atoms with E-state index in [1.165, 1.54) is 0 Å². The largest absolute Gasteiger partial charge is 0.377 e. The summed E-state index contributed by atoms with van der Waals surface area (Å²) in [5.41, 5.74) is -0.0904. The van der Waals surface area contributed by atoms with E-state index in [1.54, 1.807) is 6.07 Å². The van der Waals surface area contributed by atoms with Crippen molar-refractivity contribution in [2.45, 2.75) is 32.7 Å². The van der Waals surface area contributed by atoms with Crippen LogP contribution in [0.3, 0.4) is 0 Å². The van der Waals surface area contributed by atoms with Gasteiger partial charge in [-0.25, -0.2) is 4.98 Å². The van der Waals surface area contributed by atoms with Crippen LogP contribution >= 0.6 is 0 Å². The summed E-state index contributed by atoms with van der Waals surface area (Å²) >= 11 is 0. The van der Waals surface area contributed by atoms with E-state index >= 15 is 0 Å². The van der Waals surface area contributed by atoms with E-state index in [1.807, 2.05) is 13.8 Å². The van der Waals surface area contributed by atoms with Crippen molar-refractivity contribution in [3.8, 4) is 0 Å². The van der Waals surface area contributed by atoms with Gasteiger partial charge in [-0.15, -0.1) is 0 Å². The molecule has 1 unspecified atom stereocenters. The Morgan fingerprint density at radius 1 is 1.60 bits per heavy atom. The lowest BCUT2D eigenvalue weighted by Gasteiger charge is -2.36. The highest BCUT2D eigenvalue weighted by atomic mass is 16.5. The lowest BCUT2D eigenvalue weighted by Crippen LogP contribution is -2.51. The van der Waals surface area contributed by atoms with E-state index in [4.69, 9.17) is 4.74 Å². The Morgan fingerprint density at radius 3 is 3.10 bits per heavy atom. The van der Waals surface area contributed by atoms with Gasteiger partial charge in [0.2, 0.25) is 0 Å². The number of rotatable bonds is 5. The first-order valence-electron chi connectivity index (χ1n) is 7.28. The average molecular weight is 280 g/mol. The SMILES string of the molecule is CCNCC1COCCN1c1cc(=O)[nH]c(C(C)C)n1. The number of aromatic nitrogens is 2. The standard InChI is InChI=1S/C14H24N4O2/c1-4-15-8-11-9-20-6-5-18(11)12-7-13(19)17-14(16-12)10(2)3/h7,10-11,15H,4-6,8-9H2,1-3H3,(H,16,17,19). The molecule has 1 aromatic rings. The van der Waals surface area contributed by atoms with Gasteiger partial charge in [-0.3, -0.25) is 4.79 Å². The Bertz CT molecular complexity index is 486. The van der Waals surface area contributed by atoms with Gasteiger partial charge >= 0.3 is 0 Å². The predicted octanol–water partition coefficient (Wildman–Crippen LogP) is 0.708. The van der Waals surface area contributed by atoms with Crippen LogP contribution in [0.1, 0.15) is 32.5 Å². The molecule has 112 valence electrons. The zero-order valence-electron chi connectivity index (χ0n) is 12.5. The fourth-order valence-corrected chi connectivity index (χ4v) is 2.32. The Morgan fingerprint density at radius 2 is 2.40 bits per heavy atom. The topological polar surface area (TPSA) is 70.2 Å². The van der Waals surface area contributed by atoms with Gasteiger partial charge in [-0.1, -0.05) is 20.8 Å². The highest BCUT2D eigenvalue weighted by Gasteiger charge is 2.24. The van der Waals surface area contributed by atoms with Crippen molar-refractivity contribution in [1.29, 1.82) is 0 Å². The summed E-state index contributed by atoms with van der Waals surface area (Å²) in [5.74, 6) is 1.70. The summed E-state index contributed by atoms with van der Waals surface area (Å²) in [4.78, 5) is 21.4. The molecule has 0 saturated carbocycles. The molecular formula is C14H24N4O2. The second-order valence-electron chi connectivity index (χ2n) is 5.37. The molecule has 0 aliphatic carbocycles. The van der Waals surface area contributed by atoms with Gasteiger partial charge in [0.1, 0.15) is 11.6 Å². The van der Waals surface area contributed by atoms with Crippen LogP contribution < -0.4 is 15.8 Å². The molecule has 1 aliphatic heterocycles. The van der Waals surface area contributed by atoms with Crippen molar-refractivity contribution in [2.75, 3.05) is 37.7 Å². The number of hydrogen-bond donors (Lipinski definition) is 2. The molecule has 2 heterocycles. The number of aromatic amines is 1. The van der Waals surface area contributed by atoms with Crippen molar-refractivity contribution in [3.63, 3.8) is 0 Å². The monoisotopic (exact) mass is 280 g/mol. The molecule has 0 bridgehead atoms. The summed E-state index contributed by atoms with van der Waals surface area (Å²) < 4.78 is 5.54. The van der Waals surface area contributed by atoms with E-state index in [2.05, 4.69) is 27.1 Å². The van der Waals surface area contributed by atoms with E-state index in [0.717, 1.165) is 31.3 Å². The lowest BCUT2D eigenvalue weighted by atomic mass is 10.2. The molecule has 1 aliphatic rings. The maximum Gasteiger partial charge on any atom is 0.252 e. The minimum atomic E-state index is -0.0904. The average Bonchev–Trinajstić information content (AvgIpc) is 2.44. The van der Waals surface area contributed by atoms with Crippen LogP contribution in [0.4, 0.5) is 5.82 Å². The second kappa shape index (κ2) is 6.85. The summed E-state index contributed by atoms with van der Waals surface area (Å²) in [6.07, 6.45) is 0. The molecule has 6 nitrogen and oxygen atoms in total. The smallest absolute Gasteiger partial charge is 0.252 e. The molecule has 0 spiro atoms. The van der Waals surface area contributed by atoms with Gasteiger partial charge in [0.05, 0.1) is 19.3 Å².